The molecule has 0 radical (unpaired) electrons. The molecule has 0 unspecified atom stereocenters. The standard InChI is InChI=1S/C15H26N2O4/c1-11(2)8-16-13(18)14(19)17-9-12-10-20-15(21-12)6-4-3-5-7-15/h11-12H,3-10H2,1-2H3,(H,16,18)(H,17,19)/t12-/m0/s1. The molecule has 1 atom stereocenters. The lowest BCUT2D eigenvalue weighted by Crippen LogP contribution is -2.44. The molecular formula is C15H26N2O4. The molecule has 0 bridgehead atoms. The summed E-state index contributed by atoms with van der Waals surface area (Å²) in [7, 11) is 0. The van der Waals surface area contributed by atoms with Gasteiger partial charge >= 0.3 is 11.8 Å². The van der Waals surface area contributed by atoms with Crippen molar-refractivity contribution in [3.8, 4) is 0 Å². The molecule has 6 heteroatoms. The van der Waals surface area contributed by atoms with E-state index in [4.69, 9.17) is 9.47 Å². The average molecular weight is 298 g/mol. The fourth-order valence-corrected chi connectivity index (χ4v) is 2.73. The monoisotopic (exact) mass is 298 g/mol. The molecule has 1 aliphatic heterocycles. The van der Waals surface area contributed by atoms with Gasteiger partial charge in [-0.25, -0.2) is 0 Å². The maximum Gasteiger partial charge on any atom is 0.309 e. The number of hydrogen-bond acceptors (Lipinski definition) is 4. The predicted molar refractivity (Wildman–Crippen MR) is 77.5 cm³/mol. The molecular weight excluding hydrogens is 272 g/mol. The Morgan fingerprint density at radius 1 is 1.14 bits per heavy atom. The first-order chi connectivity index (χ1) is 10.0. The van der Waals surface area contributed by atoms with Crippen LogP contribution in [0.1, 0.15) is 46.0 Å². The van der Waals surface area contributed by atoms with Crippen LogP contribution in [0.3, 0.4) is 0 Å². The van der Waals surface area contributed by atoms with Gasteiger partial charge in [-0.15, -0.1) is 0 Å². The van der Waals surface area contributed by atoms with Crippen LogP contribution in [0.5, 0.6) is 0 Å². The number of carbonyl (C=O) groups excluding carboxylic acids is 2. The first-order valence-electron chi connectivity index (χ1n) is 7.88. The summed E-state index contributed by atoms with van der Waals surface area (Å²) in [6.07, 6.45) is 5.16. The van der Waals surface area contributed by atoms with E-state index in [1.807, 2.05) is 13.8 Å². The minimum absolute atomic E-state index is 0.162. The van der Waals surface area contributed by atoms with Crippen molar-refractivity contribution in [1.82, 2.24) is 10.6 Å². The molecule has 0 aromatic heterocycles. The molecule has 0 aromatic carbocycles. The van der Waals surface area contributed by atoms with Crippen LogP contribution in [-0.2, 0) is 19.1 Å². The van der Waals surface area contributed by atoms with E-state index in [1.54, 1.807) is 0 Å². The van der Waals surface area contributed by atoms with E-state index in [1.165, 1.54) is 6.42 Å². The Hall–Kier alpha value is -1.14. The van der Waals surface area contributed by atoms with Crippen LogP contribution >= 0.6 is 0 Å². The molecule has 0 aromatic rings. The van der Waals surface area contributed by atoms with E-state index in [0.29, 0.717) is 25.6 Å². The molecule has 1 spiro atoms. The molecule has 21 heavy (non-hydrogen) atoms. The fraction of sp³-hybridized carbons (Fsp3) is 0.867. The second-order valence-electron chi connectivity index (χ2n) is 6.34. The van der Waals surface area contributed by atoms with Crippen LogP contribution in [0.15, 0.2) is 0 Å². The van der Waals surface area contributed by atoms with E-state index in [9.17, 15) is 9.59 Å². The van der Waals surface area contributed by atoms with Crippen molar-refractivity contribution < 1.29 is 19.1 Å². The average Bonchev–Trinajstić information content (AvgIpc) is 2.85. The van der Waals surface area contributed by atoms with E-state index in [0.717, 1.165) is 25.7 Å². The van der Waals surface area contributed by atoms with Gasteiger partial charge in [-0.3, -0.25) is 9.59 Å². The summed E-state index contributed by atoms with van der Waals surface area (Å²) in [6, 6.07) is 0. The molecule has 2 N–H and O–H groups in total. The lowest BCUT2D eigenvalue weighted by Gasteiger charge is -2.31. The van der Waals surface area contributed by atoms with Crippen LogP contribution in [0, 0.1) is 5.92 Å². The summed E-state index contributed by atoms with van der Waals surface area (Å²) in [5.74, 6) is -1.31. The van der Waals surface area contributed by atoms with Gasteiger partial charge in [0.1, 0.15) is 6.10 Å². The van der Waals surface area contributed by atoms with Crippen molar-refractivity contribution in [3.63, 3.8) is 0 Å². The molecule has 1 saturated carbocycles. The van der Waals surface area contributed by atoms with Crippen molar-refractivity contribution in [2.75, 3.05) is 19.7 Å². The summed E-state index contributed by atoms with van der Waals surface area (Å²) in [4.78, 5) is 23.2. The normalized spacial score (nSPS) is 24.2. The summed E-state index contributed by atoms with van der Waals surface area (Å²) < 4.78 is 11.7. The first-order valence-corrected chi connectivity index (χ1v) is 7.88. The third kappa shape index (κ3) is 4.68. The van der Waals surface area contributed by atoms with Crippen molar-refractivity contribution in [2.24, 2.45) is 5.92 Å². The summed E-state index contributed by atoms with van der Waals surface area (Å²) in [5.41, 5.74) is 0. The summed E-state index contributed by atoms with van der Waals surface area (Å²) >= 11 is 0. The van der Waals surface area contributed by atoms with Crippen molar-refractivity contribution in [1.29, 1.82) is 0 Å². The minimum Gasteiger partial charge on any atom is -0.348 e. The molecule has 1 saturated heterocycles. The number of amides is 2. The third-order valence-electron chi connectivity index (χ3n) is 3.90. The van der Waals surface area contributed by atoms with Crippen molar-refractivity contribution >= 4 is 11.8 Å². The lowest BCUT2D eigenvalue weighted by molar-refractivity contribution is -0.186. The first kappa shape index (κ1) is 16.2. The number of carbonyl (C=O) groups is 2. The van der Waals surface area contributed by atoms with E-state index >= 15 is 0 Å². The molecule has 2 aliphatic rings. The smallest absolute Gasteiger partial charge is 0.309 e. The zero-order valence-corrected chi connectivity index (χ0v) is 12.9. The molecule has 120 valence electrons. The molecule has 2 rings (SSSR count). The van der Waals surface area contributed by atoms with Gasteiger partial charge < -0.3 is 20.1 Å². The highest BCUT2D eigenvalue weighted by molar-refractivity contribution is 6.35. The highest BCUT2D eigenvalue weighted by atomic mass is 16.7. The van der Waals surface area contributed by atoms with E-state index in [-0.39, 0.29) is 6.10 Å². The van der Waals surface area contributed by atoms with Crippen LogP contribution in [0.2, 0.25) is 0 Å². The lowest BCUT2D eigenvalue weighted by atomic mass is 9.94. The van der Waals surface area contributed by atoms with Crippen molar-refractivity contribution in [3.05, 3.63) is 0 Å². The van der Waals surface area contributed by atoms with Gasteiger partial charge in [0.15, 0.2) is 5.79 Å². The van der Waals surface area contributed by atoms with Crippen LogP contribution < -0.4 is 10.6 Å². The largest absolute Gasteiger partial charge is 0.348 e. The van der Waals surface area contributed by atoms with Gasteiger partial charge in [0.25, 0.3) is 0 Å². The Morgan fingerprint density at radius 3 is 2.48 bits per heavy atom. The molecule has 2 fully saturated rings. The minimum atomic E-state index is -0.608. The Balaban J connectivity index is 1.69. The zero-order valence-electron chi connectivity index (χ0n) is 12.9. The Morgan fingerprint density at radius 2 is 1.81 bits per heavy atom. The Bertz CT molecular complexity index is 378. The Kier molecular flexibility index (Phi) is 5.58. The number of ether oxygens (including phenoxy) is 2. The zero-order chi connectivity index (χ0) is 15.3. The fourth-order valence-electron chi connectivity index (χ4n) is 2.73. The van der Waals surface area contributed by atoms with Crippen LogP contribution in [-0.4, -0.2) is 43.4 Å². The summed E-state index contributed by atoms with van der Waals surface area (Å²) in [5, 5.41) is 5.21. The maximum atomic E-state index is 11.7. The van der Waals surface area contributed by atoms with E-state index < -0.39 is 17.6 Å². The summed E-state index contributed by atoms with van der Waals surface area (Å²) in [6.45, 7) is 5.25. The highest BCUT2D eigenvalue weighted by Crippen LogP contribution is 2.37. The van der Waals surface area contributed by atoms with Gasteiger partial charge in [0, 0.05) is 25.9 Å². The third-order valence-corrected chi connectivity index (χ3v) is 3.90. The predicted octanol–water partition coefficient (Wildman–Crippen LogP) is 0.951. The molecule has 6 nitrogen and oxygen atoms in total. The van der Waals surface area contributed by atoms with Gasteiger partial charge in [-0.05, 0) is 18.8 Å². The number of rotatable bonds is 4. The quantitative estimate of drug-likeness (QED) is 0.758. The van der Waals surface area contributed by atoms with Gasteiger partial charge in [0.2, 0.25) is 0 Å². The molecule has 1 heterocycles. The maximum absolute atomic E-state index is 11.7. The van der Waals surface area contributed by atoms with Gasteiger partial charge in [0.05, 0.1) is 6.61 Å². The SMILES string of the molecule is CC(C)CNC(=O)C(=O)NC[C@H]1COC2(CCCCC2)O1. The second-order valence-corrected chi connectivity index (χ2v) is 6.34. The van der Waals surface area contributed by atoms with E-state index in [2.05, 4.69) is 10.6 Å². The van der Waals surface area contributed by atoms with Crippen molar-refractivity contribution in [2.45, 2.75) is 57.8 Å². The number of hydrogen-bond donors (Lipinski definition) is 2. The topological polar surface area (TPSA) is 76.7 Å². The van der Waals surface area contributed by atoms with Crippen LogP contribution in [0.4, 0.5) is 0 Å². The van der Waals surface area contributed by atoms with Gasteiger partial charge in [-0.2, -0.15) is 0 Å². The van der Waals surface area contributed by atoms with Gasteiger partial charge in [-0.1, -0.05) is 20.3 Å². The van der Waals surface area contributed by atoms with Crippen LogP contribution in [0.25, 0.3) is 0 Å². The Labute approximate surface area is 125 Å². The second kappa shape index (κ2) is 7.22. The highest BCUT2D eigenvalue weighted by Gasteiger charge is 2.42. The molecule has 1 aliphatic carbocycles. The number of nitrogens with one attached hydrogen (secondary N) is 2. The molecule has 2 amide bonds.